The first-order valence-electron chi connectivity index (χ1n) is 16.4. The Labute approximate surface area is 284 Å². The van der Waals surface area contributed by atoms with Crippen molar-refractivity contribution in [2.45, 2.75) is 0 Å². The lowest BCUT2D eigenvalue weighted by molar-refractivity contribution is 0.420. The minimum Gasteiger partial charge on any atom is -0.496 e. The summed E-state index contributed by atoms with van der Waals surface area (Å²) in [5, 5.41) is 19.3. The van der Waals surface area contributed by atoms with Crippen molar-refractivity contribution in [3.05, 3.63) is 169 Å². The van der Waals surface area contributed by atoms with Crippen LogP contribution in [0.25, 0.3) is 65.3 Å². The molecule has 0 saturated carbocycles. The number of methoxy groups -OCH3 is 1. The number of anilines is 3. The molecule has 0 atom stereocenters. The molecule has 0 saturated heterocycles. The number of hydrogen-bond acceptors (Lipinski definition) is 3. The summed E-state index contributed by atoms with van der Waals surface area (Å²) >= 11 is 0. The second-order valence-corrected chi connectivity index (χ2v) is 12.4. The molecule has 49 heavy (non-hydrogen) atoms. The van der Waals surface area contributed by atoms with Crippen LogP contribution in [0.5, 0.6) is 5.75 Å². The predicted octanol–water partition coefficient (Wildman–Crippen LogP) is 12.4. The summed E-state index contributed by atoms with van der Waals surface area (Å²) in [6.45, 7) is 0. The van der Waals surface area contributed by atoms with Crippen LogP contribution in [0.4, 0.5) is 17.1 Å². The maximum absolute atomic E-state index is 9.83. The van der Waals surface area contributed by atoms with E-state index < -0.39 is 0 Å². The summed E-state index contributed by atoms with van der Waals surface area (Å²) in [4.78, 5) is 2.31. The first kappa shape index (κ1) is 28.6. The van der Waals surface area contributed by atoms with Gasteiger partial charge in [0.05, 0.1) is 24.4 Å². The van der Waals surface area contributed by atoms with E-state index >= 15 is 0 Å². The average molecular weight is 627 g/mol. The Hall–Kier alpha value is -6.63. The molecule has 0 amide bonds. The van der Waals surface area contributed by atoms with Gasteiger partial charge in [-0.1, -0.05) is 109 Å². The second kappa shape index (κ2) is 11.6. The van der Waals surface area contributed by atoms with Gasteiger partial charge in [0.2, 0.25) is 0 Å². The minimum absolute atomic E-state index is 0.689. The zero-order valence-electron chi connectivity index (χ0n) is 26.9. The number of fused-ring (bicyclic) bond motifs is 1. The van der Waals surface area contributed by atoms with E-state index in [9.17, 15) is 5.26 Å². The number of nitriles is 1. The molecule has 0 bridgehead atoms. The van der Waals surface area contributed by atoms with Crippen molar-refractivity contribution in [1.29, 1.82) is 5.26 Å². The lowest BCUT2D eigenvalue weighted by Gasteiger charge is -2.27. The summed E-state index contributed by atoms with van der Waals surface area (Å²) in [5.41, 5.74) is 8.34. The number of benzene rings is 9. The molecule has 0 fully saturated rings. The minimum atomic E-state index is 0.689. The van der Waals surface area contributed by atoms with Gasteiger partial charge in [0.25, 0.3) is 0 Å². The molecule has 0 radical (unpaired) electrons. The number of rotatable bonds is 6. The lowest BCUT2D eigenvalue weighted by atomic mass is 9.87. The molecular weight excluding hydrogens is 597 g/mol. The summed E-state index contributed by atoms with van der Waals surface area (Å²) in [5.74, 6) is 0.861. The van der Waals surface area contributed by atoms with Gasteiger partial charge in [-0.05, 0) is 104 Å². The van der Waals surface area contributed by atoms with Crippen LogP contribution in [0.15, 0.2) is 164 Å². The maximum Gasteiger partial charge on any atom is 0.126 e. The molecule has 0 aliphatic heterocycles. The third-order valence-corrected chi connectivity index (χ3v) is 9.73. The van der Waals surface area contributed by atoms with E-state index in [1.54, 1.807) is 7.11 Å². The standard InChI is InChI=1S/C46H30N2O/c1-49-44-26-25-43(40-13-7-8-14-41(40)44)48(36-10-3-2-4-11-36)37-21-17-30(18-22-37)35-27-32-16-15-31-19-23-39(38-12-6-5-9-34(38)29-47)42-24-20-33(28-35)45(32)46(31)42/h2-28H,1H3. The van der Waals surface area contributed by atoms with Gasteiger partial charge in [-0.2, -0.15) is 5.26 Å². The Morgan fingerprint density at radius 1 is 0.490 bits per heavy atom. The van der Waals surface area contributed by atoms with Gasteiger partial charge in [0, 0.05) is 27.7 Å². The van der Waals surface area contributed by atoms with Crippen molar-refractivity contribution in [1.82, 2.24) is 0 Å². The molecule has 0 heterocycles. The third-order valence-electron chi connectivity index (χ3n) is 9.73. The van der Waals surface area contributed by atoms with Crippen LogP contribution in [0.3, 0.4) is 0 Å². The summed E-state index contributed by atoms with van der Waals surface area (Å²) in [6, 6.07) is 60.1. The molecule has 230 valence electrons. The summed E-state index contributed by atoms with van der Waals surface area (Å²) < 4.78 is 5.72. The molecule has 0 aliphatic carbocycles. The summed E-state index contributed by atoms with van der Waals surface area (Å²) in [6.07, 6.45) is 0. The molecule has 3 nitrogen and oxygen atoms in total. The van der Waals surface area contributed by atoms with Gasteiger partial charge in [0.1, 0.15) is 5.75 Å². The predicted molar refractivity (Wildman–Crippen MR) is 204 cm³/mol. The Bertz CT molecular complexity index is 2690. The van der Waals surface area contributed by atoms with Crippen LogP contribution in [0.1, 0.15) is 5.56 Å². The first-order chi connectivity index (χ1) is 24.2. The van der Waals surface area contributed by atoms with E-state index in [2.05, 4.69) is 150 Å². The monoisotopic (exact) mass is 626 g/mol. The number of para-hydroxylation sites is 1. The molecule has 9 aromatic carbocycles. The van der Waals surface area contributed by atoms with Crippen LogP contribution in [-0.4, -0.2) is 7.11 Å². The topological polar surface area (TPSA) is 36.3 Å². The Kier molecular flexibility index (Phi) is 6.74. The molecular formula is C46H30N2O. The van der Waals surface area contributed by atoms with Crippen LogP contribution < -0.4 is 9.64 Å². The van der Waals surface area contributed by atoms with E-state index in [1.807, 2.05) is 24.3 Å². The molecule has 0 unspecified atom stereocenters. The highest BCUT2D eigenvalue weighted by Gasteiger charge is 2.18. The average Bonchev–Trinajstić information content (AvgIpc) is 3.17. The number of hydrogen-bond donors (Lipinski definition) is 0. The quantitative estimate of drug-likeness (QED) is 0.172. The third kappa shape index (κ3) is 4.65. The molecule has 0 aromatic heterocycles. The van der Waals surface area contributed by atoms with Crippen LogP contribution >= 0.6 is 0 Å². The van der Waals surface area contributed by atoms with Crippen molar-refractivity contribution >= 4 is 60.2 Å². The smallest absolute Gasteiger partial charge is 0.126 e. The van der Waals surface area contributed by atoms with Crippen LogP contribution in [0.2, 0.25) is 0 Å². The van der Waals surface area contributed by atoms with Crippen LogP contribution in [-0.2, 0) is 0 Å². The normalized spacial score (nSPS) is 11.3. The highest BCUT2D eigenvalue weighted by molar-refractivity contribution is 6.26. The van der Waals surface area contributed by atoms with Gasteiger partial charge < -0.3 is 9.64 Å². The fraction of sp³-hybridized carbons (Fsp3) is 0.0217. The van der Waals surface area contributed by atoms with E-state index in [-0.39, 0.29) is 0 Å². The van der Waals surface area contributed by atoms with E-state index in [4.69, 9.17) is 4.74 Å². The van der Waals surface area contributed by atoms with E-state index in [0.717, 1.165) is 50.3 Å². The highest BCUT2D eigenvalue weighted by Crippen LogP contribution is 2.44. The SMILES string of the molecule is COc1ccc(N(c2ccccc2)c2ccc(-c3cc4ccc5ccc(-c6ccccc6C#N)c6ccc(c3)c4c56)cc2)c2ccccc12. The lowest BCUT2D eigenvalue weighted by Crippen LogP contribution is -2.10. The molecule has 0 N–H and O–H groups in total. The number of nitrogens with zero attached hydrogens (tertiary/aromatic N) is 2. The van der Waals surface area contributed by atoms with Gasteiger partial charge in [-0.15, -0.1) is 0 Å². The van der Waals surface area contributed by atoms with Crippen molar-refractivity contribution in [3.63, 3.8) is 0 Å². The van der Waals surface area contributed by atoms with E-state index in [0.29, 0.717) is 5.56 Å². The van der Waals surface area contributed by atoms with Gasteiger partial charge in [0.15, 0.2) is 0 Å². The van der Waals surface area contributed by atoms with Crippen LogP contribution in [0, 0.1) is 11.3 Å². The zero-order valence-corrected chi connectivity index (χ0v) is 26.9. The Morgan fingerprint density at radius 3 is 1.92 bits per heavy atom. The fourth-order valence-corrected chi connectivity index (χ4v) is 7.47. The van der Waals surface area contributed by atoms with E-state index in [1.165, 1.54) is 37.9 Å². The van der Waals surface area contributed by atoms with Crippen molar-refractivity contribution < 1.29 is 4.74 Å². The largest absolute Gasteiger partial charge is 0.496 e. The maximum atomic E-state index is 9.83. The fourth-order valence-electron chi connectivity index (χ4n) is 7.47. The molecule has 9 rings (SSSR count). The molecule has 0 spiro atoms. The molecule has 0 aliphatic rings. The van der Waals surface area contributed by atoms with Gasteiger partial charge in [-0.3, -0.25) is 0 Å². The first-order valence-corrected chi connectivity index (χ1v) is 16.4. The van der Waals surface area contributed by atoms with Crippen molar-refractivity contribution in [2.75, 3.05) is 12.0 Å². The molecule has 9 aromatic rings. The number of ether oxygens (including phenoxy) is 1. The van der Waals surface area contributed by atoms with Crippen molar-refractivity contribution in [3.8, 4) is 34.1 Å². The highest BCUT2D eigenvalue weighted by atomic mass is 16.5. The van der Waals surface area contributed by atoms with Crippen molar-refractivity contribution in [2.24, 2.45) is 0 Å². The van der Waals surface area contributed by atoms with Gasteiger partial charge in [-0.25, -0.2) is 0 Å². The Balaban J connectivity index is 1.16. The zero-order chi connectivity index (χ0) is 32.9. The second-order valence-electron chi connectivity index (χ2n) is 12.4. The summed E-state index contributed by atoms with van der Waals surface area (Å²) in [7, 11) is 1.72. The molecule has 3 heteroatoms. The van der Waals surface area contributed by atoms with Gasteiger partial charge >= 0.3 is 0 Å². The Morgan fingerprint density at radius 2 is 1.14 bits per heavy atom.